The van der Waals surface area contributed by atoms with Crippen LogP contribution in [0.5, 0.6) is 0 Å². The summed E-state index contributed by atoms with van der Waals surface area (Å²) in [5.41, 5.74) is 13.1. The minimum absolute atomic E-state index is 0.572. The largest absolute Gasteiger partial charge is 0.455 e. The zero-order chi connectivity index (χ0) is 37.0. The highest BCUT2D eigenvalue weighted by molar-refractivity contribution is 7.20. The SMILES string of the molecule is C1=C(c2ccccc2)c2sc3ccc(-c4ccc5oc6c(-c7nc(-c8ccccc8)nc(-c8ccc(-c9ccccc9)cc8)n7)cccc6c5c4)cc3c2CC1. The molecule has 1 aliphatic rings. The van der Waals surface area contributed by atoms with Crippen molar-refractivity contribution < 1.29 is 4.42 Å². The van der Waals surface area contributed by atoms with Crippen molar-refractivity contribution in [3.63, 3.8) is 0 Å². The minimum atomic E-state index is 0.572. The third-order valence-electron chi connectivity index (χ3n) is 10.9. The van der Waals surface area contributed by atoms with Crippen LogP contribution in [-0.4, -0.2) is 15.0 Å². The van der Waals surface area contributed by atoms with Crippen molar-refractivity contribution in [2.24, 2.45) is 0 Å². The van der Waals surface area contributed by atoms with Crippen molar-refractivity contribution in [3.8, 4) is 56.4 Å². The molecule has 0 bridgehead atoms. The van der Waals surface area contributed by atoms with E-state index in [1.165, 1.54) is 42.8 Å². The zero-order valence-corrected chi connectivity index (χ0v) is 31.1. The van der Waals surface area contributed by atoms with Crippen LogP contribution in [0.25, 0.3) is 94.0 Å². The van der Waals surface area contributed by atoms with Gasteiger partial charge in [0.15, 0.2) is 17.5 Å². The summed E-state index contributed by atoms with van der Waals surface area (Å²) in [5.74, 6) is 1.80. The van der Waals surface area contributed by atoms with Crippen LogP contribution in [0.2, 0.25) is 0 Å². The Balaban J connectivity index is 1.00. The molecule has 4 nitrogen and oxygen atoms in total. The topological polar surface area (TPSA) is 51.8 Å². The van der Waals surface area contributed by atoms with Crippen molar-refractivity contribution in [1.29, 1.82) is 0 Å². The van der Waals surface area contributed by atoms with Gasteiger partial charge < -0.3 is 4.42 Å². The molecule has 0 N–H and O–H groups in total. The molecule has 0 fully saturated rings. The van der Waals surface area contributed by atoms with E-state index in [1.807, 2.05) is 53.8 Å². The van der Waals surface area contributed by atoms with Gasteiger partial charge in [-0.1, -0.05) is 146 Å². The van der Waals surface area contributed by atoms with E-state index < -0.39 is 0 Å². The van der Waals surface area contributed by atoms with Crippen LogP contribution in [0, 0.1) is 0 Å². The maximum absolute atomic E-state index is 6.67. The van der Waals surface area contributed by atoms with E-state index >= 15 is 0 Å². The Morgan fingerprint density at radius 3 is 1.75 bits per heavy atom. The number of rotatable bonds is 6. The van der Waals surface area contributed by atoms with E-state index in [9.17, 15) is 0 Å². The second-order valence-corrected chi connectivity index (χ2v) is 15.3. The second-order valence-electron chi connectivity index (χ2n) is 14.3. The fourth-order valence-electron chi connectivity index (χ4n) is 8.05. The maximum Gasteiger partial charge on any atom is 0.167 e. The Kier molecular flexibility index (Phi) is 7.78. The van der Waals surface area contributed by atoms with Crippen LogP contribution in [-0.2, 0) is 6.42 Å². The summed E-state index contributed by atoms with van der Waals surface area (Å²) >= 11 is 1.91. The molecule has 10 aromatic rings. The molecule has 3 aromatic heterocycles. The van der Waals surface area contributed by atoms with Crippen molar-refractivity contribution >= 4 is 48.9 Å². The van der Waals surface area contributed by atoms with Gasteiger partial charge in [0.05, 0.1) is 5.56 Å². The highest BCUT2D eigenvalue weighted by Gasteiger charge is 2.22. The summed E-state index contributed by atoms with van der Waals surface area (Å²) in [6, 6.07) is 59.4. The van der Waals surface area contributed by atoms with Gasteiger partial charge in [0, 0.05) is 31.5 Å². The first-order valence-electron chi connectivity index (χ1n) is 19.0. The summed E-state index contributed by atoms with van der Waals surface area (Å²) < 4.78 is 8.00. The Labute approximate surface area is 328 Å². The summed E-state index contributed by atoms with van der Waals surface area (Å²) in [4.78, 5) is 16.5. The third kappa shape index (κ3) is 5.64. The lowest BCUT2D eigenvalue weighted by Gasteiger charge is -2.14. The van der Waals surface area contributed by atoms with Crippen LogP contribution >= 0.6 is 11.3 Å². The van der Waals surface area contributed by atoms with Gasteiger partial charge in [-0.15, -0.1) is 11.3 Å². The van der Waals surface area contributed by atoms with E-state index in [1.54, 1.807) is 0 Å². The summed E-state index contributed by atoms with van der Waals surface area (Å²) in [5, 5.41) is 3.45. The fraction of sp³-hybridized carbons (Fsp3) is 0.0392. The monoisotopic (exact) mass is 735 g/mol. The number of aryl methyl sites for hydroxylation is 1. The predicted molar refractivity (Wildman–Crippen MR) is 232 cm³/mol. The predicted octanol–water partition coefficient (Wildman–Crippen LogP) is 13.7. The van der Waals surface area contributed by atoms with Gasteiger partial charge in [-0.25, -0.2) is 15.0 Å². The highest BCUT2D eigenvalue weighted by atomic mass is 32.1. The molecule has 3 heterocycles. The molecular weight excluding hydrogens is 703 g/mol. The number of hydrogen-bond acceptors (Lipinski definition) is 5. The Bertz CT molecular complexity index is 3110. The average Bonchev–Trinajstić information content (AvgIpc) is 3.85. The van der Waals surface area contributed by atoms with E-state index in [4.69, 9.17) is 19.4 Å². The lowest BCUT2D eigenvalue weighted by atomic mass is 9.91. The molecule has 7 aromatic carbocycles. The molecule has 11 rings (SSSR count). The Hall–Kier alpha value is -6.95. The molecule has 264 valence electrons. The van der Waals surface area contributed by atoms with Crippen molar-refractivity contribution in [3.05, 3.63) is 192 Å². The van der Waals surface area contributed by atoms with Crippen molar-refractivity contribution in [2.75, 3.05) is 0 Å². The number of benzene rings is 7. The Morgan fingerprint density at radius 1 is 0.446 bits per heavy atom. The molecule has 0 saturated heterocycles. The van der Waals surface area contributed by atoms with E-state index in [0.29, 0.717) is 17.5 Å². The number of para-hydroxylation sites is 1. The number of hydrogen-bond donors (Lipinski definition) is 0. The second kappa shape index (κ2) is 13.4. The van der Waals surface area contributed by atoms with Crippen LogP contribution in [0.15, 0.2) is 180 Å². The number of nitrogens with zero attached hydrogens (tertiary/aromatic N) is 3. The van der Waals surface area contributed by atoms with E-state index in [2.05, 4.69) is 133 Å². The van der Waals surface area contributed by atoms with Crippen LogP contribution in [0.3, 0.4) is 0 Å². The smallest absolute Gasteiger partial charge is 0.167 e. The minimum Gasteiger partial charge on any atom is -0.455 e. The highest BCUT2D eigenvalue weighted by Crippen LogP contribution is 2.44. The van der Waals surface area contributed by atoms with Crippen LogP contribution in [0.1, 0.15) is 22.4 Å². The first-order valence-corrected chi connectivity index (χ1v) is 19.8. The van der Waals surface area contributed by atoms with Crippen LogP contribution in [0.4, 0.5) is 0 Å². The van der Waals surface area contributed by atoms with E-state index in [-0.39, 0.29) is 0 Å². The number of furan rings is 1. The standard InChI is InChI=1S/C51H33N3OS/c1-4-12-32(13-5-1)33-22-24-36(25-23-33)50-52-49(35-16-8-3-9-17-35)53-51(54-50)42-21-11-19-40-43-30-37(26-28-45(43)55-47(40)42)38-27-29-46-44(31-38)41-20-10-18-39(48(41)56-46)34-14-6-2-7-15-34/h1-9,11-19,21-31H,10,20H2. The third-order valence-corrected chi connectivity index (χ3v) is 12.1. The van der Waals surface area contributed by atoms with Gasteiger partial charge in [0.25, 0.3) is 0 Å². The number of fused-ring (bicyclic) bond motifs is 6. The van der Waals surface area contributed by atoms with Gasteiger partial charge in [-0.05, 0) is 87.5 Å². The first-order chi connectivity index (χ1) is 27.7. The number of aromatic nitrogens is 3. The molecule has 0 saturated carbocycles. The molecule has 0 spiro atoms. The maximum atomic E-state index is 6.67. The molecule has 0 unspecified atom stereocenters. The first kappa shape index (κ1) is 32.5. The Morgan fingerprint density at radius 2 is 1.02 bits per heavy atom. The lowest BCUT2D eigenvalue weighted by Crippen LogP contribution is -2.00. The molecule has 5 heteroatoms. The summed E-state index contributed by atoms with van der Waals surface area (Å²) in [6.07, 6.45) is 4.52. The van der Waals surface area contributed by atoms with Gasteiger partial charge in [-0.3, -0.25) is 0 Å². The fourth-order valence-corrected chi connectivity index (χ4v) is 9.35. The van der Waals surface area contributed by atoms with Crippen LogP contribution < -0.4 is 0 Å². The summed E-state index contributed by atoms with van der Waals surface area (Å²) in [6.45, 7) is 0. The van der Waals surface area contributed by atoms with Crippen molar-refractivity contribution in [2.45, 2.75) is 12.8 Å². The molecule has 56 heavy (non-hydrogen) atoms. The van der Waals surface area contributed by atoms with E-state index in [0.717, 1.165) is 62.6 Å². The molecule has 0 aliphatic heterocycles. The van der Waals surface area contributed by atoms with Gasteiger partial charge in [-0.2, -0.15) is 0 Å². The van der Waals surface area contributed by atoms with Gasteiger partial charge >= 0.3 is 0 Å². The summed E-state index contributed by atoms with van der Waals surface area (Å²) in [7, 11) is 0. The average molecular weight is 736 g/mol. The lowest BCUT2D eigenvalue weighted by molar-refractivity contribution is 0.669. The number of allylic oxidation sites excluding steroid dienone is 1. The normalized spacial score (nSPS) is 12.6. The molecule has 0 radical (unpaired) electrons. The molecular formula is C51H33N3OS. The van der Waals surface area contributed by atoms with Crippen molar-refractivity contribution in [1.82, 2.24) is 15.0 Å². The quantitative estimate of drug-likeness (QED) is 0.171. The zero-order valence-electron chi connectivity index (χ0n) is 30.3. The molecule has 1 aliphatic carbocycles. The molecule has 0 amide bonds. The molecule has 0 atom stereocenters. The van der Waals surface area contributed by atoms with Gasteiger partial charge in [0.2, 0.25) is 0 Å². The van der Waals surface area contributed by atoms with Gasteiger partial charge in [0.1, 0.15) is 11.2 Å². The number of thiophene rings is 1.